The van der Waals surface area contributed by atoms with Gasteiger partial charge in [-0.15, -0.1) is 6.58 Å². The Morgan fingerprint density at radius 1 is 1.14 bits per heavy atom. The molecule has 8 nitrogen and oxygen atoms in total. The minimum atomic E-state index is -0.462. The molecule has 10 heteroatoms. The van der Waals surface area contributed by atoms with Crippen molar-refractivity contribution in [3.8, 4) is 11.5 Å². The van der Waals surface area contributed by atoms with E-state index in [9.17, 15) is 19.7 Å². The number of rotatable bonds is 9. The average Bonchev–Trinajstić information content (AvgIpc) is 3.16. The van der Waals surface area contributed by atoms with E-state index < -0.39 is 16.1 Å². The zero-order valence-corrected chi connectivity index (χ0v) is 21.3. The van der Waals surface area contributed by atoms with E-state index in [-0.39, 0.29) is 17.2 Å². The zero-order chi connectivity index (χ0) is 26.5. The Labute approximate surface area is 222 Å². The second-order valence-corrected chi connectivity index (χ2v) is 9.34. The number of allylic oxidation sites excluding steroid dienone is 1. The van der Waals surface area contributed by atoms with Gasteiger partial charge in [0, 0.05) is 22.7 Å². The van der Waals surface area contributed by atoms with Crippen molar-refractivity contribution in [2.45, 2.75) is 13.0 Å². The van der Waals surface area contributed by atoms with Crippen LogP contribution in [0.15, 0.2) is 78.2 Å². The van der Waals surface area contributed by atoms with Gasteiger partial charge in [-0.3, -0.25) is 19.7 Å². The van der Waals surface area contributed by atoms with Gasteiger partial charge in [0.15, 0.2) is 11.5 Å². The predicted octanol–water partition coefficient (Wildman–Crippen LogP) is 6.81. The molecule has 0 bridgehead atoms. The van der Waals surface area contributed by atoms with Gasteiger partial charge in [0.25, 0.3) is 16.8 Å². The molecule has 1 aliphatic heterocycles. The summed E-state index contributed by atoms with van der Waals surface area (Å²) >= 11 is 6.77. The van der Waals surface area contributed by atoms with E-state index in [1.807, 2.05) is 6.07 Å². The van der Waals surface area contributed by atoms with Crippen molar-refractivity contribution in [3.05, 3.63) is 110 Å². The van der Waals surface area contributed by atoms with E-state index in [1.54, 1.807) is 54.6 Å². The lowest BCUT2D eigenvalue weighted by Gasteiger charge is -2.16. The summed E-state index contributed by atoms with van der Waals surface area (Å²) in [4.78, 5) is 37.6. The maximum Gasteiger partial charge on any atom is 0.298 e. The number of amides is 2. The summed E-state index contributed by atoms with van der Waals surface area (Å²) < 4.78 is 11.6. The number of ether oxygens (including phenoxy) is 2. The van der Waals surface area contributed by atoms with Crippen LogP contribution in [0.5, 0.6) is 11.5 Å². The number of nitro benzene ring substituents is 1. The van der Waals surface area contributed by atoms with E-state index in [2.05, 4.69) is 6.58 Å². The van der Waals surface area contributed by atoms with Gasteiger partial charge in [0.2, 0.25) is 0 Å². The second-order valence-electron chi connectivity index (χ2n) is 7.91. The molecule has 0 aromatic heterocycles. The molecule has 2 amide bonds. The number of carbonyl (C=O) groups excluding carboxylic acids is 2. The van der Waals surface area contributed by atoms with Gasteiger partial charge in [0.1, 0.15) is 6.61 Å². The third-order valence-electron chi connectivity index (χ3n) is 5.42. The minimum Gasteiger partial charge on any atom is -0.493 e. The first kappa shape index (κ1) is 26.0. The van der Waals surface area contributed by atoms with E-state index in [4.69, 9.17) is 21.1 Å². The van der Waals surface area contributed by atoms with Gasteiger partial charge in [-0.05, 0) is 71.8 Å². The highest BCUT2D eigenvalue weighted by Gasteiger charge is 2.36. The van der Waals surface area contributed by atoms with Crippen molar-refractivity contribution in [2.75, 3.05) is 12.0 Å². The fourth-order valence-corrected chi connectivity index (χ4v) is 4.70. The first-order valence-corrected chi connectivity index (χ1v) is 12.2. The molecule has 3 aromatic rings. The number of hydrogen-bond acceptors (Lipinski definition) is 7. The Morgan fingerprint density at radius 2 is 1.89 bits per heavy atom. The molecule has 0 spiro atoms. The van der Waals surface area contributed by atoms with E-state index >= 15 is 0 Å². The number of imide groups is 1. The van der Waals surface area contributed by atoms with Crippen molar-refractivity contribution >= 4 is 52.0 Å². The Kier molecular flexibility index (Phi) is 7.95. The lowest BCUT2D eigenvalue weighted by molar-refractivity contribution is -0.384. The van der Waals surface area contributed by atoms with E-state index in [0.717, 1.165) is 22.2 Å². The Bertz CT molecular complexity index is 1420. The van der Waals surface area contributed by atoms with Crippen LogP contribution in [0, 0.1) is 10.1 Å². The SMILES string of the molecule is C=CCc1cc(/C=C2/SC(=O)N(c3ccc(Cl)cc3)C2=O)cc(OC)c1OCc1cccc([N+](=O)[O-])c1. The van der Waals surface area contributed by atoms with Crippen LogP contribution in [0.1, 0.15) is 16.7 Å². The fourth-order valence-electron chi connectivity index (χ4n) is 3.74. The summed E-state index contributed by atoms with van der Waals surface area (Å²) in [6.45, 7) is 3.89. The Hall–Kier alpha value is -4.08. The van der Waals surface area contributed by atoms with Gasteiger partial charge in [-0.1, -0.05) is 29.8 Å². The molecule has 1 heterocycles. The lowest BCUT2D eigenvalue weighted by Crippen LogP contribution is -2.27. The highest BCUT2D eigenvalue weighted by Crippen LogP contribution is 2.39. The van der Waals surface area contributed by atoms with Gasteiger partial charge in [0.05, 0.1) is 22.6 Å². The minimum absolute atomic E-state index is 0.0257. The molecule has 37 heavy (non-hydrogen) atoms. The van der Waals surface area contributed by atoms with Crippen LogP contribution in [-0.4, -0.2) is 23.2 Å². The molecule has 0 N–H and O–H groups in total. The molecule has 0 unspecified atom stereocenters. The number of halogens is 1. The van der Waals surface area contributed by atoms with Crippen molar-refractivity contribution in [1.82, 2.24) is 0 Å². The molecule has 188 valence electrons. The van der Waals surface area contributed by atoms with Crippen molar-refractivity contribution < 1.29 is 24.0 Å². The van der Waals surface area contributed by atoms with Gasteiger partial charge in [-0.25, -0.2) is 4.90 Å². The monoisotopic (exact) mass is 536 g/mol. The zero-order valence-electron chi connectivity index (χ0n) is 19.7. The summed E-state index contributed by atoms with van der Waals surface area (Å²) in [5.41, 5.74) is 2.41. The lowest BCUT2D eigenvalue weighted by atomic mass is 10.0. The highest BCUT2D eigenvalue weighted by molar-refractivity contribution is 8.19. The van der Waals surface area contributed by atoms with Crippen molar-refractivity contribution in [3.63, 3.8) is 0 Å². The molecular formula is C27H21ClN2O6S. The number of nitrogens with zero attached hydrogens (tertiary/aromatic N) is 2. The summed E-state index contributed by atoms with van der Waals surface area (Å²) in [5, 5.41) is 11.2. The number of benzene rings is 3. The molecule has 0 atom stereocenters. The molecular weight excluding hydrogens is 516 g/mol. The van der Waals surface area contributed by atoms with Crippen LogP contribution in [0.25, 0.3) is 6.08 Å². The maximum absolute atomic E-state index is 13.0. The van der Waals surface area contributed by atoms with E-state index in [0.29, 0.717) is 39.8 Å². The molecule has 3 aromatic carbocycles. The number of carbonyl (C=O) groups is 2. The number of non-ortho nitro benzene ring substituents is 1. The number of anilines is 1. The third kappa shape index (κ3) is 5.84. The summed E-state index contributed by atoms with van der Waals surface area (Å²) in [6, 6.07) is 16.2. The molecule has 4 rings (SSSR count). The number of hydrogen-bond donors (Lipinski definition) is 0. The van der Waals surface area contributed by atoms with Gasteiger partial charge >= 0.3 is 0 Å². The first-order chi connectivity index (χ1) is 17.8. The fraction of sp³-hybridized carbons (Fsp3) is 0.111. The smallest absolute Gasteiger partial charge is 0.298 e. The topological polar surface area (TPSA) is 99.0 Å². The molecule has 1 aliphatic rings. The third-order valence-corrected chi connectivity index (χ3v) is 6.54. The highest BCUT2D eigenvalue weighted by atomic mass is 35.5. The largest absolute Gasteiger partial charge is 0.493 e. The van der Waals surface area contributed by atoms with Crippen LogP contribution in [-0.2, 0) is 17.8 Å². The maximum atomic E-state index is 13.0. The summed E-state index contributed by atoms with van der Waals surface area (Å²) in [7, 11) is 1.49. The molecule has 0 aliphatic carbocycles. The quantitative estimate of drug-likeness (QED) is 0.128. The number of nitro groups is 1. The van der Waals surface area contributed by atoms with Crippen LogP contribution in [0.2, 0.25) is 5.02 Å². The second kappa shape index (κ2) is 11.3. The van der Waals surface area contributed by atoms with Crippen LogP contribution >= 0.6 is 23.4 Å². The Morgan fingerprint density at radius 3 is 2.57 bits per heavy atom. The average molecular weight is 537 g/mol. The molecule has 1 fully saturated rings. The van der Waals surface area contributed by atoms with Crippen LogP contribution in [0.3, 0.4) is 0 Å². The van der Waals surface area contributed by atoms with Crippen LogP contribution in [0.4, 0.5) is 16.2 Å². The summed E-state index contributed by atoms with van der Waals surface area (Å²) in [6.07, 6.45) is 3.77. The van der Waals surface area contributed by atoms with E-state index in [1.165, 1.54) is 19.2 Å². The molecule has 1 saturated heterocycles. The van der Waals surface area contributed by atoms with Crippen molar-refractivity contribution in [1.29, 1.82) is 0 Å². The molecule has 0 radical (unpaired) electrons. The van der Waals surface area contributed by atoms with Crippen molar-refractivity contribution in [2.24, 2.45) is 0 Å². The predicted molar refractivity (Wildman–Crippen MR) is 144 cm³/mol. The number of methoxy groups -OCH3 is 1. The standard InChI is InChI=1S/C27H21ClN2O6S/c1-3-5-19-12-18(15-24-26(31)29(27(32)37-24)21-10-8-20(28)9-11-21)14-23(35-2)25(19)36-16-17-6-4-7-22(13-17)30(33)34/h3-4,6-15H,1,5,16H2,2H3/b24-15+. The number of thioether (sulfide) groups is 1. The van der Waals surface area contributed by atoms with Gasteiger partial charge < -0.3 is 9.47 Å². The normalized spacial score (nSPS) is 14.2. The summed E-state index contributed by atoms with van der Waals surface area (Å²) in [5.74, 6) is 0.431. The Balaban J connectivity index is 1.63. The first-order valence-electron chi connectivity index (χ1n) is 11.0. The molecule has 0 saturated carbocycles. The van der Waals surface area contributed by atoms with Crippen LogP contribution < -0.4 is 14.4 Å². The van der Waals surface area contributed by atoms with Gasteiger partial charge in [-0.2, -0.15) is 0 Å².